The first-order valence-corrected chi connectivity index (χ1v) is 9.67. The number of aryl methyl sites for hydroxylation is 1. The summed E-state index contributed by atoms with van der Waals surface area (Å²) in [5.74, 6) is 1.13. The second-order valence-corrected chi connectivity index (χ2v) is 7.90. The summed E-state index contributed by atoms with van der Waals surface area (Å²) in [5.41, 5.74) is 0.588. The van der Waals surface area contributed by atoms with Crippen molar-refractivity contribution in [3.63, 3.8) is 0 Å². The number of hydrogen-bond donors (Lipinski definition) is 0. The number of rotatable bonds is 5. The fourth-order valence-corrected chi connectivity index (χ4v) is 4.09. The van der Waals surface area contributed by atoms with Gasteiger partial charge >= 0.3 is 0 Å². The fraction of sp³-hybridized carbons (Fsp3) is 0.476. The van der Waals surface area contributed by atoms with Crippen molar-refractivity contribution >= 4 is 12.0 Å². The summed E-state index contributed by atoms with van der Waals surface area (Å²) in [4.78, 5) is 18.6. The number of pyridine rings is 1. The van der Waals surface area contributed by atoms with Gasteiger partial charge in [0.25, 0.3) is 0 Å². The number of carbonyl (C=O) groups is 1. The van der Waals surface area contributed by atoms with Crippen molar-refractivity contribution in [3.05, 3.63) is 48.6 Å². The monoisotopic (exact) mass is 382 g/mol. The Hall–Kier alpha value is -2.67. The molecular formula is C21H26N4O3. The molecule has 2 aliphatic heterocycles. The summed E-state index contributed by atoms with van der Waals surface area (Å²) >= 11 is 0. The van der Waals surface area contributed by atoms with E-state index < -0.39 is 0 Å². The van der Waals surface area contributed by atoms with Gasteiger partial charge in [-0.25, -0.2) is 0 Å². The van der Waals surface area contributed by atoms with Crippen LogP contribution in [0.4, 0.5) is 0 Å². The second kappa shape index (κ2) is 7.75. The molecule has 148 valence electrons. The van der Waals surface area contributed by atoms with E-state index >= 15 is 0 Å². The van der Waals surface area contributed by atoms with Crippen LogP contribution < -0.4 is 4.74 Å². The fourth-order valence-electron chi connectivity index (χ4n) is 4.09. The normalized spacial score (nSPS) is 27.1. The summed E-state index contributed by atoms with van der Waals surface area (Å²) in [5, 5.41) is 4.11. The molecule has 28 heavy (non-hydrogen) atoms. The molecule has 4 heterocycles. The largest absolute Gasteiger partial charge is 0.489 e. The van der Waals surface area contributed by atoms with Crippen LogP contribution in [0.3, 0.4) is 0 Å². The molecule has 0 radical (unpaired) electrons. The minimum atomic E-state index is -0.338. The summed E-state index contributed by atoms with van der Waals surface area (Å²) in [7, 11) is 1.86. The Labute approximate surface area is 165 Å². The van der Waals surface area contributed by atoms with Gasteiger partial charge in [-0.1, -0.05) is 0 Å². The first-order valence-electron chi connectivity index (χ1n) is 9.67. The van der Waals surface area contributed by atoms with E-state index in [1.807, 2.05) is 36.4 Å². The van der Waals surface area contributed by atoms with Crippen molar-refractivity contribution in [2.45, 2.75) is 31.5 Å². The molecule has 3 atom stereocenters. The van der Waals surface area contributed by atoms with Crippen molar-refractivity contribution < 1.29 is 14.3 Å². The maximum absolute atomic E-state index is 12.6. The lowest BCUT2D eigenvalue weighted by molar-refractivity contribution is -0.129. The molecule has 2 fully saturated rings. The Morgan fingerprint density at radius 1 is 1.46 bits per heavy atom. The van der Waals surface area contributed by atoms with Crippen LogP contribution in [0, 0.1) is 5.92 Å². The zero-order valence-electron chi connectivity index (χ0n) is 16.3. The Morgan fingerprint density at radius 2 is 2.36 bits per heavy atom. The maximum Gasteiger partial charge on any atom is 0.246 e. The lowest BCUT2D eigenvalue weighted by Gasteiger charge is -2.33. The Kier molecular flexibility index (Phi) is 5.17. The molecule has 0 bridgehead atoms. The van der Waals surface area contributed by atoms with Gasteiger partial charge in [-0.2, -0.15) is 5.10 Å². The third kappa shape index (κ3) is 4.25. The van der Waals surface area contributed by atoms with E-state index in [1.165, 1.54) is 0 Å². The van der Waals surface area contributed by atoms with E-state index in [0.29, 0.717) is 12.5 Å². The van der Waals surface area contributed by atoms with Crippen molar-refractivity contribution in [3.8, 4) is 5.75 Å². The molecule has 2 saturated heterocycles. The quantitative estimate of drug-likeness (QED) is 0.742. The van der Waals surface area contributed by atoms with E-state index in [0.717, 1.165) is 37.2 Å². The molecule has 2 aromatic rings. The van der Waals surface area contributed by atoms with Gasteiger partial charge in [0.1, 0.15) is 18.0 Å². The molecule has 7 heteroatoms. The van der Waals surface area contributed by atoms with Crippen LogP contribution in [0.1, 0.15) is 25.3 Å². The number of amides is 1. The average Bonchev–Trinajstić information content (AvgIpc) is 3.27. The smallest absolute Gasteiger partial charge is 0.246 e. The second-order valence-electron chi connectivity index (χ2n) is 7.90. The van der Waals surface area contributed by atoms with Crippen molar-refractivity contribution in [2.24, 2.45) is 13.0 Å². The Bertz CT molecular complexity index is 850. The van der Waals surface area contributed by atoms with Gasteiger partial charge in [-0.3, -0.25) is 14.5 Å². The van der Waals surface area contributed by atoms with Gasteiger partial charge in [-0.05, 0) is 38.0 Å². The Balaban J connectivity index is 1.32. The molecule has 0 N–H and O–H groups in total. The highest BCUT2D eigenvalue weighted by atomic mass is 16.6. The zero-order valence-corrected chi connectivity index (χ0v) is 16.3. The van der Waals surface area contributed by atoms with Gasteiger partial charge in [0.2, 0.25) is 5.91 Å². The lowest BCUT2D eigenvalue weighted by Crippen LogP contribution is -2.43. The highest BCUT2D eigenvalue weighted by Crippen LogP contribution is 2.39. The average molecular weight is 382 g/mol. The van der Waals surface area contributed by atoms with Crippen molar-refractivity contribution in [1.29, 1.82) is 0 Å². The number of hydrogen-bond acceptors (Lipinski definition) is 5. The molecule has 7 nitrogen and oxygen atoms in total. The molecule has 2 aromatic heterocycles. The first kappa shape index (κ1) is 18.7. The van der Waals surface area contributed by atoms with Crippen molar-refractivity contribution in [1.82, 2.24) is 19.7 Å². The number of fused-ring (bicyclic) bond motifs is 1. The van der Waals surface area contributed by atoms with Crippen LogP contribution in [-0.4, -0.2) is 57.0 Å². The number of ether oxygens (including phenoxy) is 2. The Morgan fingerprint density at radius 3 is 3.11 bits per heavy atom. The maximum atomic E-state index is 12.6. The number of aromatic nitrogens is 3. The molecule has 2 aliphatic rings. The molecule has 0 aliphatic carbocycles. The molecular weight excluding hydrogens is 356 g/mol. The van der Waals surface area contributed by atoms with Gasteiger partial charge in [0, 0.05) is 50.1 Å². The highest BCUT2D eigenvalue weighted by Gasteiger charge is 2.46. The van der Waals surface area contributed by atoms with Crippen LogP contribution in [0.5, 0.6) is 5.75 Å². The lowest BCUT2D eigenvalue weighted by atomic mass is 9.89. The molecule has 0 spiro atoms. The predicted octanol–water partition coefficient (Wildman–Crippen LogP) is 2.30. The van der Waals surface area contributed by atoms with Crippen LogP contribution in [0.2, 0.25) is 0 Å². The van der Waals surface area contributed by atoms with Crippen LogP contribution in [0.25, 0.3) is 6.08 Å². The summed E-state index contributed by atoms with van der Waals surface area (Å²) in [6, 6.07) is 3.75. The minimum absolute atomic E-state index is 0.0440. The molecule has 0 aromatic carbocycles. The SMILES string of the molecule is Cn1cc(/C=C/C(=O)N2CC[C@@H]3O[C@@](C)(COc4cccnc4)C[C@@H]3C2)cn1. The van der Waals surface area contributed by atoms with E-state index in [9.17, 15) is 4.79 Å². The highest BCUT2D eigenvalue weighted by molar-refractivity contribution is 5.91. The summed E-state index contributed by atoms with van der Waals surface area (Å²) in [6.07, 6.45) is 12.4. The van der Waals surface area contributed by atoms with E-state index in [2.05, 4.69) is 17.0 Å². The topological polar surface area (TPSA) is 69.5 Å². The number of likely N-dealkylation sites (tertiary alicyclic amines) is 1. The zero-order chi connectivity index (χ0) is 19.6. The minimum Gasteiger partial charge on any atom is -0.489 e. The third-order valence-corrected chi connectivity index (χ3v) is 5.43. The van der Waals surface area contributed by atoms with Crippen molar-refractivity contribution in [2.75, 3.05) is 19.7 Å². The molecule has 1 amide bonds. The van der Waals surface area contributed by atoms with Crippen LogP contribution in [-0.2, 0) is 16.6 Å². The third-order valence-electron chi connectivity index (χ3n) is 5.43. The van der Waals surface area contributed by atoms with Gasteiger partial charge in [0.05, 0.1) is 18.5 Å². The van der Waals surface area contributed by atoms with Crippen LogP contribution in [0.15, 0.2) is 43.0 Å². The molecule has 4 rings (SSSR count). The van der Waals surface area contributed by atoms with Gasteiger partial charge in [-0.15, -0.1) is 0 Å². The first-order chi connectivity index (χ1) is 13.5. The summed E-state index contributed by atoms with van der Waals surface area (Å²) < 4.78 is 13.9. The predicted molar refractivity (Wildman–Crippen MR) is 105 cm³/mol. The van der Waals surface area contributed by atoms with E-state index in [-0.39, 0.29) is 17.6 Å². The number of nitrogens with zero attached hydrogens (tertiary/aromatic N) is 4. The van der Waals surface area contributed by atoms with Gasteiger partial charge in [0.15, 0.2) is 0 Å². The number of piperidine rings is 1. The molecule has 0 saturated carbocycles. The van der Waals surface area contributed by atoms with Crippen LogP contribution >= 0.6 is 0 Å². The molecule has 0 unspecified atom stereocenters. The van der Waals surface area contributed by atoms with Gasteiger partial charge < -0.3 is 14.4 Å². The van der Waals surface area contributed by atoms with E-state index in [4.69, 9.17) is 9.47 Å². The summed E-state index contributed by atoms with van der Waals surface area (Å²) in [6.45, 7) is 4.02. The standard InChI is InChI=1S/C21H26N4O3/c1-21(15-27-18-4-3-8-22-12-18)10-17-14-25(9-7-19(17)28-21)20(26)6-5-16-11-23-24(2)13-16/h3-6,8,11-13,17,19H,7,9-10,14-15H2,1-2H3/b6-5+/t17-,19+,21-/m1/s1. The number of carbonyl (C=O) groups excluding carboxylic acids is 1. The van der Waals surface area contributed by atoms with E-state index in [1.54, 1.807) is 29.3 Å².